The average Bonchev–Trinajstić information content (AvgIpc) is 2.87. The fourth-order valence-corrected chi connectivity index (χ4v) is 2.73. The second-order valence-electron chi connectivity index (χ2n) is 4.79. The third-order valence-corrected chi connectivity index (χ3v) is 3.95. The van der Waals surface area contributed by atoms with Gasteiger partial charge >= 0.3 is 5.97 Å². The van der Waals surface area contributed by atoms with Crippen molar-refractivity contribution in [1.29, 1.82) is 0 Å². The van der Waals surface area contributed by atoms with Crippen molar-refractivity contribution in [1.82, 2.24) is 5.32 Å². The van der Waals surface area contributed by atoms with E-state index in [0.717, 1.165) is 12.0 Å². The van der Waals surface area contributed by atoms with Crippen LogP contribution < -0.4 is 5.32 Å². The van der Waals surface area contributed by atoms with E-state index in [0.29, 0.717) is 24.4 Å². The Labute approximate surface area is 116 Å². The number of carboxylic acid groups (broad SMARTS) is 1. The Balaban J connectivity index is 1.95. The molecule has 19 heavy (non-hydrogen) atoms. The molecule has 0 heterocycles. The highest BCUT2D eigenvalue weighted by molar-refractivity contribution is 6.31. The number of aliphatic carboxylic acids is 1. The predicted octanol–water partition coefficient (Wildman–Crippen LogP) is 2.46. The Morgan fingerprint density at radius 3 is 2.63 bits per heavy atom. The second-order valence-corrected chi connectivity index (χ2v) is 5.20. The largest absolute Gasteiger partial charge is 0.481 e. The van der Waals surface area contributed by atoms with Crippen LogP contribution in [-0.4, -0.2) is 17.0 Å². The number of amides is 1. The Hall–Kier alpha value is -1.55. The maximum Gasteiger partial charge on any atom is 0.307 e. The molecule has 2 N–H and O–H groups in total. The molecule has 0 radical (unpaired) electrons. The van der Waals surface area contributed by atoms with Gasteiger partial charge in [0, 0.05) is 11.6 Å². The Morgan fingerprint density at radius 2 is 1.95 bits per heavy atom. The Morgan fingerprint density at radius 1 is 1.26 bits per heavy atom. The van der Waals surface area contributed by atoms with Gasteiger partial charge in [0.15, 0.2) is 0 Å². The van der Waals surface area contributed by atoms with Crippen molar-refractivity contribution in [3.05, 3.63) is 34.9 Å². The van der Waals surface area contributed by atoms with Gasteiger partial charge in [-0.1, -0.05) is 36.2 Å². The molecule has 0 aromatic heterocycles. The lowest BCUT2D eigenvalue weighted by Gasteiger charge is -2.15. The van der Waals surface area contributed by atoms with E-state index in [1.165, 1.54) is 0 Å². The molecule has 2 unspecified atom stereocenters. The van der Waals surface area contributed by atoms with Gasteiger partial charge in [0.25, 0.3) is 0 Å². The van der Waals surface area contributed by atoms with Crippen molar-refractivity contribution in [3.8, 4) is 0 Å². The summed E-state index contributed by atoms with van der Waals surface area (Å²) in [6, 6.07) is 7.28. The first-order valence-corrected chi connectivity index (χ1v) is 6.71. The van der Waals surface area contributed by atoms with E-state index < -0.39 is 17.8 Å². The third kappa shape index (κ3) is 3.26. The molecule has 0 aliphatic heterocycles. The van der Waals surface area contributed by atoms with Crippen LogP contribution in [0.1, 0.15) is 24.8 Å². The van der Waals surface area contributed by atoms with E-state index in [1.54, 1.807) is 6.07 Å². The molecule has 2 atom stereocenters. The lowest BCUT2D eigenvalue weighted by molar-refractivity contribution is -0.146. The van der Waals surface area contributed by atoms with Crippen molar-refractivity contribution in [2.24, 2.45) is 11.8 Å². The van der Waals surface area contributed by atoms with E-state index in [1.807, 2.05) is 18.2 Å². The minimum atomic E-state index is -0.879. The summed E-state index contributed by atoms with van der Waals surface area (Å²) >= 11 is 6.00. The number of benzene rings is 1. The topological polar surface area (TPSA) is 66.4 Å². The highest BCUT2D eigenvalue weighted by Crippen LogP contribution is 2.32. The molecule has 1 aliphatic carbocycles. The van der Waals surface area contributed by atoms with Gasteiger partial charge in [0.05, 0.1) is 11.8 Å². The van der Waals surface area contributed by atoms with Crippen molar-refractivity contribution in [2.45, 2.75) is 25.8 Å². The van der Waals surface area contributed by atoms with E-state index in [4.69, 9.17) is 16.7 Å². The van der Waals surface area contributed by atoms with Crippen molar-refractivity contribution < 1.29 is 14.7 Å². The molecular formula is C14H16ClNO3. The highest BCUT2D eigenvalue weighted by atomic mass is 35.5. The minimum Gasteiger partial charge on any atom is -0.481 e. The van der Waals surface area contributed by atoms with Crippen LogP contribution in [0.5, 0.6) is 0 Å². The maximum atomic E-state index is 12.0. The van der Waals surface area contributed by atoms with Crippen molar-refractivity contribution in [2.75, 3.05) is 0 Å². The maximum absolute atomic E-state index is 12.0. The summed E-state index contributed by atoms with van der Waals surface area (Å²) in [5, 5.41) is 12.4. The zero-order valence-electron chi connectivity index (χ0n) is 10.4. The highest BCUT2D eigenvalue weighted by Gasteiger charge is 2.37. The number of carbonyl (C=O) groups is 2. The first-order chi connectivity index (χ1) is 9.09. The molecule has 1 saturated carbocycles. The number of nitrogens with one attached hydrogen (secondary N) is 1. The first kappa shape index (κ1) is 13.9. The molecule has 1 aliphatic rings. The van der Waals surface area contributed by atoms with Crippen molar-refractivity contribution >= 4 is 23.5 Å². The molecular weight excluding hydrogens is 266 g/mol. The van der Waals surface area contributed by atoms with E-state index in [2.05, 4.69) is 5.32 Å². The fraction of sp³-hybridized carbons (Fsp3) is 0.429. The second kappa shape index (κ2) is 6.06. The van der Waals surface area contributed by atoms with Crippen molar-refractivity contribution in [3.63, 3.8) is 0 Å². The smallest absolute Gasteiger partial charge is 0.307 e. The van der Waals surface area contributed by atoms with Crippen LogP contribution in [0.4, 0.5) is 0 Å². The van der Waals surface area contributed by atoms with Gasteiger partial charge in [0.2, 0.25) is 5.91 Å². The Bertz CT molecular complexity index is 489. The van der Waals surface area contributed by atoms with Gasteiger partial charge in [-0.25, -0.2) is 0 Å². The number of hydrogen-bond donors (Lipinski definition) is 2. The normalized spacial score (nSPS) is 22.2. The standard InChI is InChI=1S/C14H16ClNO3/c15-12-7-2-1-4-9(12)8-16-13(17)10-5-3-6-11(10)14(18)19/h1-2,4,7,10-11H,3,5-6,8H2,(H,16,17)(H,18,19). The van der Waals surface area contributed by atoms with Gasteiger partial charge in [0.1, 0.15) is 0 Å². The summed E-state index contributed by atoms with van der Waals surface area (Å²) in [7, 11) is 0. The number of carboxylic acids is 1. The number of rotatable bonds is 4. The fourth-order valence-electron chi connectivity index (χ4n) is 2.52. The average molecular weight is 282 g/mol. The van der Waals surface area contributed by atoms with E-state index in [9.17, 15) is 9.59 Å². The SMILES string of the molecule is O=C(O)C1CCCC1C(=O)NCc1ccccc1Cl. The molecule has 1 amide bonds. The van der Waals surface area contributed by atoms with Crippen LogP contribution in [0.25, 0.3) is 0 Å². The molecule has 1 aromatic carbocycles. The van der Waals surface area contributed by atoms with Crippen LogP contribution in [0.3, 0.4) is 0 Å². The summed E-state index contributed by atoms with van der Waals surface area (Å²) < 4.78 is 0. The van der Waals surface area contributed by atoms with Gasteiger partial charge in [-0.3, -0.25) is 9.59 Å². The monoisotopic (exact) mass is 281 g/mol. The molecule has 2 rings (SSSR count). The summed E-state index contributed by atoms with van der Waals surface area (Å²) in [6.45, 7) is 0.335. The zero-order chi connectivity index (χ0) is 13.8. The summed E-state index contributed by atoms with van der Waals surface area (Å²) in [5.74, 6) is -2.04. The number of halogens is 1. The molecule has 0 saturated heterocycles. The molecule has 1 aromatic rings. The molecule has 0 spiro atoms. The van der Waals surface area contributed by atoms with Gasteiger partial charge < -0.3 is 10.4 Å². The molecule has 5 heteroatoms. The minimum absolute atomic E-state index is 0.190. The van der Waals surface area contributed by atoms with Crippen LogP contribution in [0.15, 0.2) is 24.3 Å². The lowest BCUT2D eigenvalue weighted by Crippen LogP contribution is -2.34. The van der Waals surface area contributed by atoms with E-state index >= 15 is 0 Å². The molecule has 0 bridgehead atoms. The van der Waals surface area contributed by atoms with Gasteiger partial charge in [-0.15, -0.1) is 0 Å². The van der Waals surface area contributed by atoms with Crippen LogP contribution in [0, 0.1) is 11.8 Å². The first-order valence-electron chi connectivity index (χ1n) is 6.33. The van der Waals surface area contributed by atoms with Crippen LogP contribution in [-0.2, 0) is 16.1 Å². The summed E-state index contributed by atoms with van der Waals surface area (Å²) in [6.07, 6.45) is 2.02. The number of carbonyl (C=O) groups excluding carboxylic acids is 1. The van der Waals surface area contributed by atoms with Crippen LogP contribution in [0.2, 0.25) is 5.02 Å². The van der Waals surface area contributed by atoms with Gasteiger partial charge in [-0.2, -0.15) is 0 Å². The zero-order valence-corrected chi connectivity index (χ0v) is 11.2. The molecule has 102 valence electrons. The molecule has 4 nitrogen and oxygen atoms in total. The van der Waals surface area contributed by atoms with Gasteiger partial charge in [-0.05, 0) is 24.5 Å². The number of hydrogen-bond acceptors (Lipinski definition) is 2. The summed E-state index contributed by atoms with van der Waals surface area (Å²) in [5.41, 5.74) is 0.836. The van der Waals surface area contributed by atoms with E-state index in [-0.39, 0.29) is 5.91 Å². The Kier molecular flexibility index (Phi) is 4.43. The lowest BCUT2D eigenvalue weighted by atomic mass is 9.95. The molecule has 1 fully saturated rings. The summed E-state index contributed by atoms with van der Waals surface area (Å²) in [4.78, 5) is 23.1. The third-order valence-electron chi connectivity index (χ3n) is 3.58. The quantitative estimate of drug-likeness (QED) is 0.891. The predicted molar refractivity (Wildman–Crippen MR) is 71.8 cm³/mol. The van der Waals surface area contributed by atoms with Crippen LogP contribution >= 0.6 is 11.6 Å².